The number of primary amides is 1. The summed E-state index contributed by atoms with van der Waals surface area (Å²) in [6.45, 7) is 5.18. The number of nitrogens with one attached hydrogen (secondary N) is 1. The van der Waals surface area contributed by atoms with Gasteiger partial charge in [0.15, 0.2) is 0 Å². The maximum absolute atomic E-state index is 10.7. The van der Waals surface area contributed by atoms with Crippen LogP contribution in [0.2, 0.25) is 0 Å². The van der Waals surface area contributed by atoms with Gasteiger partial charge in [0.25, 0.3) is 0 Å². The van der Waals surface area contributed by atoms with Crippen molar-refractivity contribution < 1.29 is 9.53 Å². The summed E-state index contributed by atoms with van der Waals surface area (Å²) in [5, 5.41) is 3.30. The lowest BCUT2D eigenvalue weighted by atomic mass is 9.99. The Balaban J connectivity index is 2.05. The molecule has 0 aliphatic carbocycles. The normalized spacial score (nSPS) is 20.6. The second kappa shape index (κ2) is 5.98. The van der Waals surface area contributed by atoms with Crippen molar-refractivity contribution in [2.24, 2.45) is 17.6 Å². The molecular formula is C10H20N2O2. The van der Waals surface area contributed by atoms with Gasteiger partial charge in [0.1, 0.15) is 0 Å². The van der Waals surface area contributed by atoms with Crippen molar-refractivity contribution in [3.8, 4) is 0 Å². The van der Waals surface area contributed by atoms with E-state index in [4.69, 9.17) is 10.5 Å². The molecule has 4 heteroatoms. The van der Waals surface area contributed by atoms with Crippen LogP contribution in [0.3, 0.4) is 0 Å². The van der Waals surface area contributed by atoms with Gasteiger partial charge in [-0.05, 0) is 31.8 Å². The third-order valence-electron chi connectivity index (χ3n) is 2.67. The lowest BCUT2D eigenvalue weighted by molar-refractivity contribution is -0.123. The Morgan fingerprint density at radius 2 is 2.21 bits per heavy atom. The highest BCUT2D eigenvalue weighted by Gasteiger charge is 2.14. The first-order chi connectivity index (χ1) is 6.70. The predicted molar refractivity (Wildman–Crippen MR) is 54.8 cm³/mol. The van der Waals surface area contributed by atoms with E-state index in [2.05, 4.69) is 5.32 Å². The van der Waals surface area contributed by atoms with Gasteiger partial charge in [-0.15, -0.1) is 0 Å². The molecule has 0 aromatic heterocycles. The van der Waals surface area contributed by atoms with Crippen LogP contribution < -0.4 is 11.1 Å². The summed E-state index contributed by atoms with van der Waals surface area (Å²) >= 11 is 0. The summed E-state index contributed by atoms with van der Waals surface area (Å²) in [5.41, 5.74) is 5.13. The zero-order valence-electron chi connectivity index (χ0n) is 8.79. The molecule has 3 N–H and O–H groups in total. The summed E-state index contributed by atoms with van der Waals surface area (Å²) in [5.74, 6) is 0.198. The first-order valence-corrected chi connectivity index (χ1v) is 5.28. The van der Waals surface area contributed by atoms with Crippen molar-refractivity contribution in [3.63, 3.8) is 0 Å². The maximum Gasteiger partial charge on any atom is 0.222 e. The minimum Gasteiger partial charge on any atom is -0.380 e. The lowest BCUT2D eigenvalue weighted by Crippen LogP contribution is -2.31. The molecule has 0 radical (unpaired) electrons. The molecule has 1 saturated heterocycles. The zero-order valence-corrected chi connectivity index (χ0v) is 8.79. The first kappa shape index (κ1) is 11.5. The second-order valence-electron chi connectivity index (χ2n) is 4.03. The highest BCUT2D eigenvalue weighted by atomic mass is 16.5. The summed E-state index contributed by atoms with van der Waals surface area (Å²) < 4.78 is 5.47. The molecule has 14 heavy (non-hydrogen) atoms. The lowest BCUT2D eigenvalue weighted by Gasteiger charge is -2.22. The fourth-order valence-corrected chi connectivity index (χ4v) is 1.54. The van der Waals surface area contributed by atoms with Crippen molar-refractivity contribution in [1.82, 2.24) is 5.32 Å². The molecule has 1 fully saturated rings. The molecule has 0 aromatic carbocycles. The highest BCUT2D eigenvalue weighted by molar-refractivity contribution is 5.76. The minimum atomic E-state index is -0.282. The number of ether oxygens (including phenoxy) is 1. The van der Waals surface area contributed by atoms with E-state index in [0.717, 1.165) is 19.7 Å². The summed E-state index contributed by atoms with van der Waals surface area (Å²) in [7, 11) is 0. The van der Waals surface area contributed by atoms with Gasteiger partial charge < -0.3 is 15.8 Å². The molecule has 0 bridgehead atoms. The number of carbonyl (C=O) groups is 1. The van der Waals surface area contributed by atoms with Crippen LogP contribution in [0.4, 0.5) is 0 Å². The van der Waals surface area contributed by atoms with Crippen molar-refractivity contribution in [2.75, 3.05) is 26.3 Å². The average molecular weight is 200 g/mol. The van der Waals surface area contributed by atoms with Gasteiger partial charge >= 0.3 is 0 Å². The molecule has 0 saturated carbocycles. The minimum absolute atomic E-state index is 0.170. The van der Waals surface area contributed by atoms with Gasteiger partial charge in [0, 0.05) is 6.61 Å². The Kier molecular flexibility index (Phi) is 4.90. The average Bonchev–Trinajstić information content (AvgIpc) is 2.19. The molecule has 1 unspecified atom stereocenters. The number of carbonyl (C=O) groups excluding carboxylic acids is 1. The molecule has 1 aliphatic heterocycles. The van der Waals surface area contributed by atoms with E-state index >= 15 is 0 Å². The number of piperidine rings is 1. The van der Waals surface area contributed by atoms with Crippen molar-refractivity contribution in [3.05, 3.63) is 0 Å². The SMILES string of the molecule is CC(COCC1CCNCC1)C(N)=O. The Bertz CT molecular complexity index is 179. The monoisotopic (exact) mass is 200 g/mol. The number of rotatable bonds is 5. The number of hydrogen-bond donors (Lipinski definition) is 2. The van der Waals surface area contributed by atoms with Crippen LogP contribution in [0.25, 0.3) is 0 Å². The van der Waals surface area contributed by atoms with Gasteiger partial charge in [-0.3, -0.25) is 4.79 Å². The van der Waals surface area contributed by atoms with Gasteiger partial charge in [0.05, 0.1) is 12.5 Å². The molecule has 1 rings (SSSR count). The fourth-order valence-electron chi connectivity index (χ4n) is 1.54. The van der Waals surface area contributed by atoms with E-state index < -0.39 is 0 Å². The van der Waals surface area contributed by atoms with Gasteiger partial charge in [-0.2, -0.15) is 0 Å². The summed E-state index contributed by atoms with van der Waals surface area (Å²) in [6, 6.07) is 0. The van der Waals surface area contributed by atoms with E-state index in [0.29, 0.717) is 12.5 Å². The number of hydrogen-bond acceptors (Lipinski definition) is 3. The molecule has 1 heterocycles. The first-order valence-electron chi connectivity index (χ1n) is 5.28. The van der Waals surface area contributed by atoms with Gasteiger partial charge in [-0.25, -0.2) is 0 Å². The van der Waals surface area contributed by atoms with Gasteiger partial charge in [-0.1, -0.05) is 6.92 Å². The Hall–Kier alpha value is -0.610. The summed E-state index contributed by atoms with van der Waals surface area (Å²) in [4.78, 5) is 10.7. The molecule has 0 spiro atoms. The highest BCUT2D eigenvalue weighted by Crippen LogP contribution is 2.12. The van der Waals surface area contributed by atoms with E-state index in [1.54, 1.807) is 6.92 Å². The van der Waals surface area contributed by atoms with E-state index in [1.807, 2.05) is 0 Å². The van der Waals surface area contributed by atoms with Crippen LogP contribution in [0.5, 0.6) is 0 Å². The molecule has 1 amide bonds. The van der Waals surface area contributed by atoms with Gasteiger partial charge in [0.2, 0.25) is 5.91 Å². The molecular weight excluding hydrogens is 180 g/mol. The third kappa shape index (κ3) is 4.07. The number of amides is 1. The van der Waals surface area contributed by atoms with Crippen LogP contribution >= 0.6 is 0 Å². The van der Waals surface area contributed by atoms with E-state index in [1.165, 1.54) is 12.8 Å². The van der Waals surface area contributed by atoms with Crippen LogP contribution in [0.15, 0.2) is 0 Å². The number of nitrogens with two attached hydrogens (primary N) is 1. The molecule has 82 valence electrons. The predicted octanol–water partition coefficient (Wildman–Crippen LogP) is 0.124. The van der Waals surface area contributed by atoms with E-state index in [-0.39, 0.29) is 11.8 Å². The fraction of sp³-hybridized carbons (Fsp3) is 0.900. The largest absolute Gasteiger partial charge is 0.380 e. The van der Waals surface area contributed by atoms with Crippen LogP contribution in [0, 0.1) is 11.8 Å². The Labute approximate surface area is 85.2 Å². The quantitative estimate of drug-likeness (QED) is 0.662. The molecule has 0 aromatic rings. The topological polar surface area (TPSA) is 64.3 Å². The van der Waals surface area contributed by atoms with Crippen molar-refractivity contribution >= 4 is 5.91 Å². The Morgan fingerprint density at radius 3 is 2.79 bits per heavy atom. The van der Waals surface area contributed by atoms with Crippen molar-refractivity contribution in [1.29, 1.82) is 0 Å². The van der Waals surface area contributed by atoms with Crippen molar-refractivity contribution in [2.45, 2.75) is 19.8 Å². The smallest absolute Gasteiger partial charge is 0.222 e. The van der Waals surface area contributed by atoms with E-state index in [9.17, 15) is 4.79 Å². The standard InChI is InChI=1S/C10H20N2O2/c1-8(10(11)13)6-14-7-9-2-4-12-5-3-9/h8-9,12H,2-7H2,1H3,(H2,11,13). The van der Waals surface area contributed by atoms with Crippen LogP contribution in [0.1, 0.15) is 19.8 Å². The van der Waals surface area contributed by atoms with Crippen LogP contribution in [-0.4, -0.2) is 32.2 Å². The third-order valence-corrected chi connectivity index (χ3v) is 2.67. The summed E-state index contributed by atoms with van der Waals surface area (Å²) in [6.07, 6.45) is 2.34. The van der Waals surface area contributed by atoms with Crippen LogP contribution in [-0.2, 0) is 9.53 Å². The zero-order chi connectivity index (χ0) is 10.4. The molecule has 4 nitrogen and oxygen atoms in total. The molecule has 1 atom stereocenters. The Morgan fingerprint density at radius 1 is 1.57 bits per heavy atom. The second-order valence-corrected chi connectivity index (χ2v) is 4.03. The molecule has 1 aliphatic rings. The maximum atomic E-state index is 10.7.